The van der Waals surface area contributed by atoms with Crippen molar-refractivity contribution in [1.82, 2.24) is 34.9 Å². The molecule has 0 aliphatic carbocycles. The largest absolute Gasteiger partial charge is 0.496 e. The number of carbonyl (C=O) groups excluding carboxylic acids is 3. The highest BCUT2D eigenvalue weighted by atomic mass is 79.9. The van der Waals surface area contributed by atoms with Gasteiger partial charge >= 0.3 is 25.0 Å². The third-order valence-electron chi connectivity index (χ3n) is 14.7. The molecule has 2 aliphatic rings. The van der Waals surface area contributed by atoms with Crippen molar-refractivity contribution in [3.63, 3.8) is 0 Å². The van der Waals surface area contributed by atoms with Crippen LogP contribution in [0.3, 0.4) is 0 Å². The molecule has 10 aromatic rings. The predicted octanol–water partition coefficient (Wildman–Crippen LogP) is 13.2. The van der Waals surface area contributed by atoms with Gasteiger partial charge in [-0.1, -0.05) is 97.1 Å². The van der Waals surface area contributed by atoms with Gasteiger partial charge in [-0.05, 0) is 175 Å². The molecule has 1 fully saturated rings. The van der Waals surface area contributed by atoms with Crippen molar-refractivity contribution in [3.05, 3.63) is 266 Å². The first-order valence-electron chi connectivity index (χ1n) is 30.9. The first kappa shape index (κ1) is 74.2. The number of ether oxygens (including phenoxy) is 6. The van der Waals surface area contributed by atoms with Crippen molar-refractivity contribution in [2.45, 2.75) is 98.0 Å². The molecule has 0 radical (unpaired) electrons. The molecule has 20 nitrogen and oxygen atoms in total. The number of benzene rings is 3. The van der Waals surface area contributed by atoms with Crippen molar-refractivity contribution >= 4 is 95.1 Å². The molecule has 502 valence electrons. The van der Waals surface area contributed by atoms with E-state index in [2.05, 4.69) is 94.1 Å². The maximum atomic E-state index is 11.8. The number of pyridine rings is 7. The number of aliphatic hydroxyl groups is 1. The molecule has 2 N–H and O–H groups in total. The average molecular weight is 1510 g/mol. The smallest absolute Gasteiger partial charge is 0.459 e. The highest BCUT2D eigenvalue weighted by Gasteiger charge is 2.52. The van der Waals surface area contributed by atoms with Crippen LogP contribution >= 0.6 is 47.8 Å². The van der Waals surface area contributed by atoms with Gasteiger partial charge in [-0.25, -0.2) is 29.3 Å². The number of carbonyl (C=O) groups is 3. The molecule has 12 rings (SSSR count). The van der Waals surface area contributed by atoms with Crippen LogP contribution in [0.2, 0.25) is 0 Å². The lowest BCUT2D eigenvalue weighted by Gasteiger charge is -2.32. The minimum Gasteiger partial charge on any atom is -0.459 e. The second-order valence-electron chi connectivity index (χ2n) is 22.9. The van der Waals surface area contributed by atoms with E-state index in [-0.39, 0.29) is 65.4 Å². The van der Waals surface area contributed by atoms with Gasteiger partial charge in [0, 0.05) is 110 Å². The lowest BCUT2D eigenvalue weighted by atomic mass is 9.80. The van der Waals surface area contributed by atoms with Crippen LogP contribution < -0.4 is 10.8 Å². The number of halogens is 3. The molecule has 0 unspecified atom stereocenters. The van der Waals surface area contributed by atoms with Gasteiger partial charge in [-0.15, -0.1) is 0 Å². The van der Waals surface area contributed by atoms with Crippen LogP contribution in [-0.2, 0) is 105 Å². The van der Waals surface area contributed by atoms with Crippen molar-refractivity contribution < 1.29 is 57.2 Å². The van der Waals surface area contributed by atoms with E-state index in [9.17, 15) is 14.4 Å². The molecular formula is C73H74BBr3N8O12. The fourth-order valence-corrected chi connectivity index (χ4v) is 10.2. The molecule has 0 amide bonds. The molecule has 1 saturated heterocycles. The first-order valence-corrected chi connectivity index (χ1v) is 33.3. The van der Waals surface area contributed by atoms with Gasteiger partial charge in [-0.3, -0.25) is 19.9 Å². The van der Waals surface area contributed by atoms with Crippen molar-refractivity contribution in [2.75, 3.05) is 31.7 Å². The van der Waals surface area contributed by atoms with Crippen LogP contribution in [0, 0.1) is 0 Å². The minimum absolute atomic E-state index is 0.0481. The maximum absolute atomic E-state index is 11.8. The van der Waals surface area contributed by atoms with E-state index < -0.39 is 30.3 Å². The Morgan fingerprint density at radius 2 is 0.948 bits per heavy atom. The Labute approximate surface area is 589 Å². The molecule has 2 aliphatic heterocycles. The molecule has 0 atom stereocenters. The molecular weight excluding hydrogens is 1430 g/mol. The normalized spacial score (nSPS) is 13.0. The third-order valence-corrected chi connectivity index (χ3v) is 16.0. The number of nitrogens with zero attached hydrogens (tertiary/aromatic N) is 7. The molecule has 97 heavy (non-hydrogen) atoms. The van der Waals surface area contributed by atoms with Gasteiger partial charge in [0.05, 0.1) is 37.6 Å². The van der Waals surface area contributed by atoms with Gasteiger partial charge in [0.25, 0.3) is 0 Å². The summed E-state index contributed by atoms with van der Waals surface area (Å²) in [6.45, 7) is 10.4. The van der Waals surface area contributed by atoms with Crippen LogP contribution in [0.25, 0.3) is 22.2 Å². The highest BCUT2D eigenvalue weighted by molar-refractivity contribution is 9.11. The summed E-state index contributed by atoms with van der Waals surface area (Å²) in [6, 6.07) is 44.2. The number of aromatic nitrogens is 7. The molecule has 3 aromatic carbocycles. The summed E-state index contributed by atoms with van der Waals surface area (Å²) in [5, 5.41) is 12.8. The van der Waals surface area contributed by atoms with E-state index in [1.54, 1.807) is 62.0 Å². The summed E-state index contributed by atoms with van der Waals surface area (Å²) in [6.07, 6.45) is 21.3. The lowest BCUT2D eigenvalue weighted by molar-refractivity contribution is -0.151. The molecule has 7 aromatic heterocycles. The molecule has 0 saturated carbocycles. The van der Waals surface area contributed by atoms with Crippen molar-refractivity contribution in [1.29, 1.82) is 0 Å². The number of esters is 3. The number of rotatable bonds is 21. The Morgan fingerprint density at radius 3 is 1.46 bits per heavy atom. The van der Waals surface area contributed by atoms with E-state index in [1.807, 2.05) is 167 Å². The number of hydrogen-bond acceptors (Lipinski definition) is 20. The molecule has 24 heteroatoms. The van der Waals surface area contributed by atoms with Gasteiger partial charge in [0.15, 0.2) is 5.65 Å². The zero-order valence-electron chi connectivity index (χ0n) is 54.1. The molecule has 9 heterocycles. The second-order valence-corrected chi connectivity index (χ2v) is 25.6. The Balaban J connectivity index is 0.000000164. The zero-order valence-corrected chi connectivity index (χ0v) is 58.9. The monoisotopic (exact) mass is 1500 g/mol. The number of aryl methyl sites for hydroxylation is 1. The fourth-order valence-electron chi connectivity index (χ4n) is 9.03. The van der Waals surface area contributed by atoms with E-state index in [1.165, 1.54) is 12.0 Å². The van der Waals surface area contributed by atoms with E-state index in [0.29, 0.717) is 12.3 Å². The fraction of sp³-hybridized carbons (Fsp3) is 0.260. The summed E-state index contributed by atoms with van der Waals surface area (Å²) >= 11 is 9.95. The average Bonchev–Trinajstić information content (AvgIpc) is 1.35. The number of fused-ring (bicyclic) bond motifs is 2. The highest BCUT2D eigenvalue weighted by Crippen LogP contribution is 2.36. The summed E-state index contributed by atoms with van der Waals surface area (Å²) in [5.74, 6) is -0.126. The zero-order chi connectivity index (χ0) is 68.7. The topological polar surface area (TPSA) is 248 Å². The van der Waals surface area contributed by atoms with Crippen molar-refractivity contribution in [3.8, 4) is 11.1 Å². The second kappa shape index (κ2) is 39.0. The van der Waals surface area contributed by atoms with Crippen LogP contribution in [0.4, 0.5) is 5.82 Å². The van der Waals surface area contributed by atoms with E-state index in [0.717, 1.165) is 93.1 Å². The lowest BCUT2D eigenvalue weighted by Crippen LogP contribution is -2.41. The standard InChI is InChI=1S/C23H19N3O3.C21H26BNO5.C15H14BrNO3.C8H9BrN2.C6H6BrNO/c27-22(29-15-17-5-2-1-3-6-17)16-28-14-18-9-20(12-24-11-18)21-10-19-7-4-8-25-23(19)26-13-21;1-20(2)21(3,4)28-22(27-20)18-10-17(11-23-12-18)13-25-15-19(24)26-14-16-8-6-5-7-9-16;16-14-6-13(7-17-8-14)9-19-11-15(18)20-10-12-4-2-1-3-5-12;9-7-4-6-2-1-3-10-8(6)11-5-7;7-6-1-5(4-9)2-8-3-6/h1-13H,14-16H2;5-12H,13-15H2,1-4H3;1-8H,9-11H2;4-5H,1-3H2,(H,10,11);1-3,9H,4H2. The van der Waals surface area contributed by atoms with E-state index >= 15 is 0 Å². The minimum atomic E-state index is -0.478. The number of hydrogen-bond donors (Lipinski definition) is 2. The number of anilines is 1. The SMILES string of the molecule is Brc1cnc2c(c1)CCCN2.CC1(C)OB(c2cncc(COCC(=O)OCc3ccccc3)c2)OC1(C)C.O=C(COCc1cncc(-c2cnc3ncccc3c2)c1)OCc1ccccc1.O=C(COCc1cncc(Br)c1)OCc1ccccc1.OCc1cncc(Br)c1. The maximum Gasteiger partial charge on any atom is 0.496 e. The molecule has 0 bridgehead atoms. The third kappa shape index (κ3) is 25.8. The Morgan fingerprint density at radius 1 is 0.485 bits per heavy atom. The van der Waals surface area contributed by atoms with E-state index in [4.69, 9.17) is 42.8 Å². The van der Waals surface area contributed by atoms with Crippen LogP contribution in [-0.4, -0.2) is 103 Å². The summed E-state index contributed by atoms with van der Waals surface area (Å²) in [7, 11) is -0.478. The van der Waals surface area contributed by atoms with Gasteiger partial charge in [-0.2, -0.15) is 0 Å². The van der Waals surface area contributed by atoms with Crippen LogP contribution in [0.5, 0.6) is 0 Å². The van der Waals surface area contributed by atoms with Gasteiger partial charge in [0.2, 0.25) is 0 Å². The Hall–Kier alpha value is -8.56. The quantitative estimate of drug-likeness (QED) is 0.0385. The van der Waals surface area contributed by atoms with Crippen molar-refractivity contribution in [2.24, 2.45) is 0 Å². The predicted molar refractivity (Wildman–Crippen MR) is 379 cm³/mol. The Bertz CT molecular complexity index is 4080. The van der Waals surface area contributed by atoms with Gasteiger partial charge in [0.1, 0.15) is 45.5 Å². The first-order chi connectivity index (χ1) is 47.0. The number of nitrogens with one attached hydrogen (secondary N) is 1. The summed E-state index contributed by atoms with van der Waals surface area (Å²) < 4.78 is 46.7. The summed E-state index contributed by atoms with van der Waals surface area (Å²) in [5.41, 5.74) is 10.2. The van der Waals surface area contributed by atoms with Gasteiger partial charge < -0.3 is 48.2 Å². The van der Waals surface area contributed by atoms with Crippen LogP contribution in [0.1, 0.15) is 78.6 Å². The number of aliphatic hydroxyl groups excluding tert-OH is 1. The van der Waals surface area contributed by atoms with Crippen LogP contribution in [0.15, 0.2) is 221 Å². The molecule has 0 spiro atoms. The Kier molecular flexibility index (Phi) is 29.8. The summed E-state index contributed by atoms with van der Waals surface area (Å²) in [4.78, 5) is 64.4.